The molecule has 2 heterocycles. The number of benzene rings is 2. The Bertz CT molecular complexity index is 913. The molecular formula is C19H18F2N6. The fourth-order valence-electron chi connectivity index (χ4n) is 3.02. The van der Waals surface area contributed by atoms with E-state index in [0.717, 1.165) is 32.2 Å². The van der Waals surface area contributed by atoms with Crippen LogP contribution in [0.1, 0.15) is 0 Å². The van der Waals surface area contributed by atoms with Crippen molar-refractivity contribution in [3.8, 4) is 0 Å². The minimum Gasteiger partial charge on any atom is -0.368 e. The Morgan fingerprint density at radius 3 is 2.37 bits per heavy atom. The molecule has 1 aromatic heterocycles. The first-order valence-corrected chi connectivity index (χ1v) is 8.66. The van der Waals surface area contributed by atoms with Crippen molar-refractivity contribution in [2.24, 2.45) is 0 Å². The van der Waals surface area contributed by atoms with Crippen LogP contribution in [0.4, 0.5) is 31.9 Å². The highest BCUT2D eigenvalue weighted by molar-refractivity contribution is 5.57. The summed E-state index contributed by atoms with van der Waals surface area (Å²) in [6, 6.07) is 13.6. The molecule has 0 spiro atoms. The lowest BCUT2D eigenvalue weighted by molar-refractivity contribution is 0.586. The molecule has 3 aromatic rings. The van der Waals surface area contributed by atoms with Crippen LogP contribution in [0.2, 0.25) is 0 Å². The van der Waals surface area contributed by atoms with Gasteiger partial charge in [0.05, 0.1) is 11.9 Å². The molecule has 4 rings (SSSR count). The first-order valence-electron chi connectivity index (χ1n) is 8.66. The molecule has 0 radical (unpaired) electrons. The molecule has 0 saturated carbocycles. The summed E-state index contributed by atoms with van der Waals surface area (Å²) in [5, 5.41) is 10.9. The summed E-state index contributed by atoms with van der Waals surface area (Å²) in [5.41, 5.74) is 1.33. The van der Waals surface area contributed by atoms with Gasteiger partial charge in [-0.25, -0.2) is 8.78 Å². The van der Waals surface area contributed by atoms with Crippen LogP contribution in [0.3, 0.4) is 0 Å². The maximum absolute atomic E-state index is 13.8. The molecule has 2 aromatic carbocycles. The Hall–Kier alpha value is -3.29. The Balaban J connectivity index is 1.44. The molecule has 1 N–H and O–H groups in total. The molecule has 6 nitrogen and oxygen atoms in total. The van der Waals surface area contributed by atoms with E-state index in [0.29, 0.717) is 11.8 Å². The zero-order chi connectivity index (χ0) is 18.6. The van der Waals surface area contributed by atoms with Crippen molar-refractivity contribution in [3.63, 3.8) is 0 Å². The van der Waals surface area contributed by atoms with Gasteiger partial charge in [-0.15, -0.1) is 5.10 Å². The molecule has 0 aliphatic carbocycles. The van der Waals surface area contributed by atoms with Crippen molar-refractivity contribution in [1.29, 1.82) is 0 Å². The van der Waals surface area contributed by atoms with Gasteiger partial charge >= 0.3 is 0 Å². The molecule has 1 saturated heterocycles. The number of para-hydroxylation sites is 1. The van der Waals surface area contributed by atoms with E-state index in [-0.39, 0.29) is 5.69 Å². The topological polar surface area (TPSA) is 57.2 Å². The summed E-state index contributed by atoms with van der Waals surface area (Å²) in [6.07, 6.45) is 1.41. The SMILES string of the molecule is Fc1ccc(Nc2cnnc(N3CCN(c4ccccc4)CC3)n2)c(F)c1. The predicted molar refractivity (Wildman–Crippen MR) is 100 cm³/mol. The van der Waals surface area contributed by atoms with Gasteiger partial charge in [-0.1, -0.05) is 18.2 Å². The number of hydrogen-bond donors (Lipinski definition) is 1. The Labute approximate surface area is 155 Å². The van der Waals surface area contributed by atoms with Crippen molar-refractivity contribution in [2.45, 2.75) is 0 Å². The number of nitrogens with one attached hydrogen (secondary N) is 1. The van der Waals surface area contributed by atoms with Crippen LogP contribution >= 0.6 is 0 Å². The van der Waals surface area contributed by atoms with Gasteiger partial charge in [0, 0.05) is 37.9 Å². The van der Waals surface area contributed by atoms with Crippen molar-refractivity contribution >= 4 is 23.1 Å². The van der Waals surface area contributed by atoms with E-state index in [1.54, 1.807) is 0 Å². The molecule has 1 aliphatic rings. The highest BCUT2D eigenvalue weighted by atomic mass is 19.1. The smallest absolute Gasteiger partial charge is 0.247 e. The van der Waals surface area contributed by atoms with Gasteiger partial charge in [0.2, 0.25) is 5.95 Å². The standard InChI is InChI=1S/C19H18F2N6/c20-14-6-7-17(16(21)12-14)23-18-13-22-25-19(24-18)27-10-8-26(9-11-27)15-4-2-1-3-5-15/h1-7,12-13H,8-11H2,(H,23,24,25). The third kappa shape index (κ3) is 3.94. The summed E-state index contributed by atoms with van der Waals surface area (Å²) in [4.78, 5) is 8.76. The molecule has 0 unspecified atom stereocenters. The van der Waals surface area contributed by atoms with Crippen molar-refractivity contribution < 1.29 is 8.78 Å². The van der Waals surface area contributed by atoms with Gasteiger partial charge in [0.15, 0.2) is 5.82 Å². The maximum atomic E-state index is 13.8. The minimum absolute atomic E-state index is 0.136. The Morgan fingerprint density at radius 1 is 0.889 bits per heavy atom. The number of rotatable bonds is 4. The van der Waals surface area contributed by atoms with Crippen LogP contribution in [-0.4, -0.2) is 41.4 Å². The normalized spacial score (nSPS) is 14.3. The predicted octanol–water partition coefficient (Wildman–Crippen LogP) is 3.22. The molecule has 8 heteroatoms. The van der Waals surface area contributed by atoms with E-state index in [4.69, 9.17) is 0 Å². The van der Waals surface area contributed by atoms with E-state index < -0.39 is 11.6 Å². The summed E-state index contributed by atoms with van der Waals surface area (Å²) in [7, 11) is 0. The van der Waals surface area contributed by atoms with Crippen molar-refractivity contribution in [3.05, 3.63) is 66.4 Å². The van der Waals surface area contributed by atoms with E-state index in [1.807, 2.05) is 23.1 Å². The molecule has 1 fully saturated rings. The molecule has 0 amide bonds. The summed E-state index contributed by atoms with van der Waals surface area (Å²) < 4.78 is 26.8. The lowest BCUT2D eigenvalue weighted by atomic mass is 10.2. The van der Waals surface area contributed by atoms with Crippen molar-refractivity contribution in [1.82, 2.24) is 15.2 Å². The second-order valence-corrected chi connectivity index (χ2v) is 6.20. The first-order chi connectivity index (χ1) is 13.2. The number of aromatic nitrogens is 3. The second kappa shape index (κ2) is 7.53. The molecule has 0 atom stereocenters. The van der Waals surface area contributed by atoms with Crippen LogP contribution in [0.25, 0.3) is 0 Å². The zero-order valence-corrected chi connectivity index (χ0v) is 14.5. The second-order valence-electron chi connectivity index (χ2n) is 6.20. The first kappa shape index (κ1) is 17.1. The fraction of sp³-hybridized carbons (Fsp3) is 0.211. The molecule has 0 bridgehead atoms. The Morgan fingerprint density at radius 2 is 1.63 bits per heavy atom. The van der Waals surface area contributed by atoms with Crippen LogP contribution in [-0.2, 0) is 0 Å². The molecular weight excluding hydrogens is 350 g/mol. The number of halogens is 2. The summed E-state index contributed by atoms with van der Waals surface area (Å²) >= 11 is 0. The summed E-state index contributed by atoms with van der Waals surface area (Å²) in [6.45, 7) is 3.20. The van der Waals surface area contributed by atoms with E-state index in [1.165, 1.54) is 24.0 Å². The lowest BCUT2D eigenvalue weighted by Gasteiger charge is -2.35. The van der Waals surface area contributed by atoms with Gasteiger partial charge in [0.1, 0.15) is 11.6 Å². The zero-order valence-electron chi connectivity index (χ0n) is 14.5. The largest absolute Gasteiger partial charge is 0.368 e. The molecule has 27 heavy (non-hydrogen) atoms. The summed E-state index contributed by atoms with van der Waals surface area (Å²) in [5.74, 6) is -0.478. The van der Waals surface area contributed by atoms with Crippen LogP contribution in [0, 0.1) is 11.6 Å². The highest BCUT2D eigenvalue weighted by Crippen LogP contribution is 2.21. The highest BCUT2D eigenvalue weighted by Gasteiger charge is 2.20. The third-order valence-electron chi connectivity index (χ3n) is 4.43. The lowest BCUT2D eigenvalue weighted by Crippen LogP contribution is -2.47. The fourth-order valence-corrected chi connectivity index (χ4v) is 3.02. The number of hydrogen-bond acceptors (Lipinski definition) is 6. The third-order valence-corrected chi connectivity index (χ3v) is 4.43. The minimum atomic E-state index is -0.688. The van der Waals surface area contributed by atoms with Gasteiger partial charge in [-0.2, -0.15) is 10.1 Å². The Kier molecular flexibility index (Phi) is 4.78. The number of piperazine rings is 1. The van der Waals surface area contributed by atoms with E-state index >= 15 is 0 Å². The van der Waals surface area contributed by atoms with E-state index in [2.05, 4.69) is 37.5 Å². The van der Waals surface area contributed by atoms with Gasteiger partial charge in [0.25, 0.3) is 0 Å². The number of anilines is 4. The number of nitrogens with zero attached hydrogens (tertiary/aromatic N) is 5. The van der Waals surface area contributed by atoms with Gasteiger partial charge in [-0.05, 0) is 24.3 Å². The van der Waals surface area contributed by atoms with Gasteiger partial charge < -0.3 is 15.1 Å². The van der Waals surface area contributed by atoms with E-state index in [9.17, 15) is 8.78 Å². The monoisotopic (exact) mass is 368 g/mol. The molecule has 138 valence electrons. The van der Waals surface area contributed by atoms with Gasteiger partial charge in [-0.3, -0.25) is 0 Å². The molecule has 1 aliphatic heterocycles. The van der Waals surface area contributed by atoms with Crippen LogP contribution < -0.4 is 15.1 Å². The average molecular weight is 368 g/mol. The van der Waals surface area contributed by atoms with Crippen molar-refractivity contribution in [2.75, 3.05) is 41.3 Å². The average Bonchev–Trinajstić information content (AvgIpc) is 2.71. The quantitative estimate of drug-likeness (QED) is 0.763. The van der Waals surface area contributed by atoms with Crippen LogP contribution in [0.5, 0.6) is 0 Å². The van der Waals surface area contributed by atoms with Crippen LogP contribution in [0.15, 0.2) is 54.7 Å². The maximum Gasteiger partial charge on any atom is 0.247 e.